The predicted molar refractivity (Wildman–Crippen MR) is 69.5 cm³/mol. The Morgan fingerprint density at radius 2 is 1.86 bits per heavy atom. The molecule has 0 amide bonds. The highest BCUT2D eigenvalue weighted by Gasteiger charge is 2.64. The van der Waals surface area contributed by atoms with Crippen LogP contribution in [0.15, 0.2) is 10.1 Å². The average molecular weight is 307 g/mol. The van der Waals surface area contributed by atoms with Gasteiger partial charge >= 0.3 is 11.9 Å². The van der Waals surface area contributed by atoms with E-state index in [-0.39, 0.29) is 30.1 Å². The predicted octanol–water partition coefficient (Wildman–Crippen LogP) is 0.643. The lowest BCUT2D eigenvalue weighted by Gasteiger charge is -2.29. The topological polar surface area (TPSA) is 105 Å². The Morgan fingerprint density at radius 3 is 2.45 bits per heavy atom. The Bertz CT molecular complexity index is 712. The van der Waals surface area contributed by atoms with E-state index in [4.69, 9.17) is 18.7 Å². The molecule has 0 saturated heterocycles. The molecule has 8 heteroatoms. The number of fused-ring (bicyclic) bond motifs is 2. The summed E-state index contributed by atoms with van der Waals surface area (Å²) >= 11 is 0. The summed E-state index contributed by atoms with van der Waals surface area (Å²) in [5.74, 6) is -2.83. The first-order valence-electron chi connectivity index (χ1n) is 6.54. The van der Waals surface area contributed by atoms with Crippen LogP contribution in [0.2, 0.25) is 0 Å². The van der Waals surface area contributed by atoms with Gasteiger partial charge in [0.2, 0.25) is 11.5 Å². The van der Waals surface area contributed by atoms with Gasteiger partial charge in [0.15, 0.2) is 0 Å². The Morgan fingerprint density at radius 1 is 1.23 bits per heavy atom. The maximum atomic E-state index is 12.9. The molecule has 0 spiro atoms. The van der Waals surface area contributed by atoms with Crippen molar-refractivity contribution in [3.8, 4) is 0 Å². The third kappa shape index (κ3) is 1.46. The summed E-state index contributed by atoms with van der Waals surface area (Å²) in [6, 6.07) is 0. The van der Waals surface area contributed by atoms with Gasteiger partial charge in [0.1, 0.15) is 5.76 Å². The van der Waals surface area contributed by atoms with Crippen LogP contribution in [0.4, 0.5) is 0 Å². The maximum Gasteiger partial charge on any atom is 0.335 e. The summed E-state index contributed by atoms with van der Waals surface area (Å²) in [4.78, 5) is 37.6. The monoisotopic (exact) mass is 307 g/mol. The van der Waals surface area contributed by atoms with E-state index in [1.807, 2.05) is 0 Å². The van der Waals surface area contributed by atoms with Crippen LogP contribution in [0.3, 0.4) is 0 Å². The minimum absolute atomic E-state index is 0.200. The van der Waals surface area contributed by atoms with E-state index < -0.39 is 23.1 Å². The highest BCUT2D eigenvalue weighted by Crippen LogP contribution is 2.50. The fourth-order valence-corrected chi connectivity index (χ4v) is 2.96. The van der Waals surface area contributed by atoms with Crippen molar-refractivity contribution >= 4 is 23.5 Å². The zero-order valence-electron chi connectivity index (χ0n) is 12.2. The van der Waals surface area contributed by atoms with Gasteiger partial charge in [-0.2, -0.15) is 0 Å². The fourth-order valence-electron chi connectivity index (χ4n) is 2.96. The van der Waals surface area contributed by atoms with E-state index in [0.29, 0.717) is 11.3 Å². The van der Waals surface area contributed by atoms with Gasteiger partial charge in [-0.05, 0) is 6.92 Å². The number of rotatable bonds is 2. The van der Waals surface area contributed by atoms with Gasteiger partial charge in [0, 0.05) is 12.0 Å². The minimum Gasteiger partial charge on any atom is -0.492 e. The molecule has 3 rings (SSSR count). The highest BCUT2D eigenvalue weighted by molar-refractivity contribution is 6.30. The zero-order chi connectivity index (χ0) is 16.1. The largest absolute Gasteiger partial charge is 0.492 e. The fraction of sp³-hybridized carbons (Fsp3) is 0.429. The van der Waals surface area contributed by atoms with Crippen LogP contribution in [0.1, 0.15) is 28.2 Å². The smallest absolute Gasteiger partial charge is 0.335 e. The van der Waals surface area contributed by atoms with Crippen LogP contribution < -0.4 is 0 Å². The molecule has 116 valence electrons. The number of carbonyl (C=O) groups is 3. The van der Waals surface area contributed by atoms with E-state index >= 15 is 0 Å². The van der Waals surface area contributed by atoms with E-state index in [0.717, 1.165) is 14.2 Å². The summed E-state index contributed by atoms with van der Waals surface area (Å²) in [5, 5.41) is 3.73. The molecule has 0 aromatic carbocycles. The van der Waals surface area contributed by atoms with E-state index in [1.165, 1.54) is 0 Å². The van der Waals surface area contributed by atoms with Crippen LogP contribution in [0.5, 0.6) is 0 Å². The first-order chi connectivity index (χ1) is 10.5. The van der Waals surface area contributed by atoms with Gasteiger partial charge in [-0.3, -0.25) is 4.79 Å². The quantitative estimate of drug-likeness (QED) is 0.579. The zero-order valence-corrected chi connectivity index (χ0v) is 12.2. The van der Waals surface area contributed by atoms with Crippen molar-refractivity contribution in [2.45, 2.75) is 13.3 Å². The molecule has 0 N–H and O–H groups in total. The maximum absolute atomic E-state index is 12.9. The van der Waals surface area contributed by atoms with Crippen LogP contribution in [-0.2, 0) is 23.8 Å². The van der Waals surface area contributed by atoms with E-state index in [9.17, 15) is 14.4 Å². The van der Waals surface area contributed by atoms with Crippen LogP contribution >= 0.6 is 0 Å². The minimum atomic E-state index is -2.23. The lowest BCUT2D eigenvalue weighted by atomic mass is 9.69. The number of esters is 2. The average Bonchev–Trinajstić information content (AvgIpc) is 3.13. The van der Waals surface area contributed by atoms with Crippen molar-refractivity contribution in [2.24, 2.45) is 5.41 Å². The van der Waals surface area contributed by atoms with Crippen molar-refractivity contribution in [3.63, 3.8) is 0 Å². The number of nitrogens with zero attached hydrogens (tertiary/aromatic N) is 1. The van der Waals surface area contributed by atoms with E-state index in [1.54, 1.807) is 6.92 Å². The molecular weight excluding hydrogens is 294 g/mol. The third-order valence-electron chi connectivity index (χ3n) is 3.94. The lowest BCUT2D eigenvalue weighted by Crippen LogP contribution is -2.51. The number of hydrogen-bond acceptors (Lipinski definition) is 8. The molecule has 1 aliphatic carbocycles. The second kappa shape index (κ2) is 4.69. The first kappa shape index (κ1) is 14.3. The summed E-state index contributed by atoms with van der Waals surface area (Å²) in [7, 11) is 2.19. The van der Waals surface area contributed by atoms with Gasteiger partial charge in [-0.15, -0.1) is 0 Å². The molecule has 0 radical (unpaired) electrons. The molecule has 22 heavy (non-hydrogen) atoms. The molecule has 1 aromatic rings. The normalized spacial score (nSPS) is 18.4. The molecule has 0 atom stereocenters. The standard InChI is InChI=1S/C14H13NO7/c1-6-8-9-7(4-5-21-9)14(12(17)19-2,13(18)20-3)11(16)10(8)22-15-6/h4-5H2,1-3H3. The second-order valence-corrected chi connectivity index (χ2v) is 4.94. The molecule has 0 saturated carbocycles. The van der Waals surface area contributed by atoms with Crippen molar-refractivity contribution in [3.05, 3.63) is 22.6 Å². The Labute approximate surface area is 125 Å². The van der Waals surface area contributed by atoms with Crippen LogP contribution in [-0.4, -0.2) is 43.7 Å². The third-order valence-corrected chi connectivity index (χ3v) is 3.94. The summed E-state index contributed by atoms with van der Waals surface area (Å²) in [6.07, 6.45) is 0.231. The molecule has 2 heterocycles. The summed E-state index contributed by atoms with van der Waals surface area (Å²) in [6.45, 7) is 1.88. The van der Waals surface area contributed by atoms with Crippen molar-refractivity contribution in [1.82, 2.24) is 5.16 Å². The lowest BCUT2D eigenvalue weighted by molar-refractivity contribution is -0.162. The molecule has 0 fully saturated rings. The first-order valence-corrected chi connectivity index (χ1v) is 6.54. The molecular formula is C14H13NO7. The van der Waals surface area contributed by atoms with Crippen molar-refractivity contribution in [2.75, 3.05) is 20.8 Å². The van der Waals surface area contributed by atoms with Gasteiger partial charge < -0.3 is 18.7 Å². The number of Topliss-reactive ketones (excluding diaryl/α,β-unsaturated/α-hetero) is 1. The molecule has 2 aliphatic rings. The van der Waals surface area contributed by atoms with Crippen molar-refractivity contribution < 1.29 is 33.1 Å². The molecule has 0 bridgehead atoms. The Balaban J connectivity index is 2.37. The molecule has 0 unspecified atom stereocenters. The number of aromatic nitrogens is 1. The molecule has 8 nitrogen and oxygen atoms in total. The van der Waals surface area contributed by atoms with Gasteiger partial charge in [-0.25, -0.2) is 9.59 Å². The van der Waals surface area contributed by atoms with Crippen molar-refractivity contribution in [1.29, 1.82) is 0 Å². The number of carbonyl (C=O) groups excluding carboxylic acids is 3. The number of hydrogen-bond donors (Lipinski definition) is 0. The molecule has 1 aliphatic heterocycles. The van der Waals surface area contributed by atoms with Gasteiger partial charge in [-0.1, -0.05) is 5.16 Å². The number of methoxy groups -OCH3 is 2. The highest BCUT2D eigenvalue weighted by atomic mass is 16.5. The van der Waals surface area contributed by atoms with E-state index in [2.05, 4.69) is 5.16 Å². The number of aryl methyl sites for hydroxylation is 1. The van der Waals surface area contributed by atoms with Crippen LogP contribution in [0, 0.1) is 12.3 Å². The van der Waals surface area contributed by atoms with Crippen LogP contribution in [0.25, 0.3) is 5.76 Å². The Kier molecular flexibility index (Phi) is 3.05. The SMILES string of the molecule is COC(=O)C1(C(=O)OC)C(=O)c2onc(C)c2C2=C1CCO2. The Hall–Kier alpha value is -2.64. The second-order valence-electron chi connectivity index (χ2n) is 4.94. The van der Waals surface area contributed by atoms with Gasteiger partial charge in [0.05, 0.1) is 32.1 Å². The molecule has 1 aromatic heterocycles. The summed E-state index contributed by atoms with van der Waals surface area (Å²) in [5.41, 5.74) is -1.18. The number of ketones is 1. The number of ether oxygens (including phenoxy) is 3. The summed E-state index contributed by atoms with van der Waals surface area (Å²) < 4.78 is 20.0. The van der Waals surface area contributed by atoms with Gasteiger partial charge in [0.25, 0.3) is 5.41 Å².